The van der Waals surface area contributed by atoms with Gasteiger partial charge in [-0.3, -0.25) is 9.80 Å². The lowest BCUT2D eigenvalue weighted by Gasteiger charge is -2.34. The van der Waals surface area contributed by atoms with E-state index in [0.717, 1.165) is 68.8 Å². The number of aliphatic carboxylic acids is 2. The van der Waals surface area contributed by atoms with Gasteiger partial charge in [0.2, 0.25) is 0 Å². The minimum Gasteiger partial charge on any atom is -0.511 e. The van der Waals surface area contributed by atoms with Crippen molar-refractivity contribution in [3.63, 3.8) is 0 Å². The van der Waals surface area contributed by atoms with E-state index in [1.807, 2.05) is 46.8 Å². The number of aliphatic hydroxyl groups excluding tert-OH is 1. The van der Waals surface area contributed by atoms with Crippen molar-refractivity contribution in [2.45, 2.75) is 66.4 Å². The molecule has 42 heavy (non-hydrogen) atoms. The molecule has 3 N–H and O–H groups in total. The van der Waals surface area contributed by atoms with E-state index in [4.69, 9.17) is 19.3 Å². The van der Waals surface area contributed by atoms with Crippen molar-refractivity contribution in [1.29, 1.82) is 0 Å². The largest absolute Gasteiger partial charge is 0.511 e. The number of carboxylic acids is 2. The summed E-state index contributed by atoms with van der Waals surface area (Å²) in [4.78, 5) is 27.3. The van der Waals surface area contributed by atoms with Gasteiger partial charge in [0, 0.05) is 45.2 Å². The van der Waals surface area contributed by atoms with E-state index in [1.54, 1.807) is 0 Å². The number of ether oxygens (including phenoxy) is 3. The van der Waals surface area contributed by atoms with Crippen LogP contribution in [0.15, 0.2) is 17.9 Å². The predicted octanol–water partition coefficient (Wildman–Crippen LogP) is 4.30. The molecule has 1 aliphatic carbocycles. The maximum absolute atomic E-state index is 12.2. The summed E-state index contributed by atoms with van der Waals surface area (Å²) in [5.41, 5.74) is 3.44. The monoisotopic (exact) mass is 592 g/mol. The van der Waals surface area contributed by atoms with Gasteiger partial charge in [0.05, 0.1) is 32.5 Å². The maximum atomic E-state index is 12.2. The Balaban J connectivity index is 0.00000301. The normalized spacial score (nSPS) is 20.4. The molecular formula is C32H52N2O8. The summed E-state index contributed by atoms with van der Waals surface area (Å²) < 4.78 is 16.9. The first-order valence-corrected chi connectivity index (χ1v) is 15.3. The van der Waals surface area contributed by atoms with E-state index < -0.39 is 11.9 Å². The number of rotatable bonds is 15. The van der Waals surface area contributed by atoms with Crippen LogP contribution < -0.4 is 0 Å². The van der Waals surface area contributed by atoms with E-state index in [1.165, 1.54) is 0 Å². The molecule has 1 aromatic rings. The lowest BCUT2D eigenvalue weighted by molar-refractivity contribution is -0.142. The Morgan fingerprint density at radius 1 is 0.786 bits per heavy atom. The Labute approximate surface area is 251 Å². The zero-order chi connectivity index (χ0) is 31.1. The van der Waals surface area contributed by atoms with Gasteiger partial charge in [0.15, 0.2) is 0 Å². The Hall–Kier alpha value is -2.50. The van der Waals surface area contributed by atoms with Crippen LogP contribution in [0.4, 0.5) is 0 Å². The van der Waals surface area contributed by atoms with Crippen LogP contribution in [0, 0.1) is 26.7 Å². The highest BCUT2D eigenvalue weighted by atomic mass is 16.5. The molecule has 0 amide bonds. The molecule has 238 valence electrons. The first-order chi connectivity index (χ1) is 20.2. The summed E-state index contributed by atoms with van der Waals surface area (Å²) >= 11 is 0. The SMILES string of the molecule is CC.Cc1cc(C)c(/C(C(=O)O)=C(\O)C2CCC(OCCOCCN3CCN(CCOCC(=O)O)CC3)CC2)c(C)c1. The summed E-state index contributed by atoms with van der Waals surface area (Å²) in [5, 5.41) is 29.6. The highest BCUT2D eigenvalue weighted by Gasteiger charge is 2.30. The van der Waals surface area contributed by atoms with Crippen LogP contribution in [0.5, 0.6) is 0 Å². The summed E-state index contributed by atoms with van der Waals surface area (Å²) in [7, 11) is 0. The van der Waals surface area contributed by atoms with Crippen molar-refractivity contribution in [2.75, 3.05) is 72.3 Å². The second-order valence-electron chi connectivity index (χ2n) is 10.9. The number of benzene rings is 1. The molecule has 1 saturated carbocycles. The van der Waals surface area contributed by atoms with Gasteiger partial charge in [-0.15, -0.1) is 0 Å². The molecule has 0 bridgehead atoms. The molecule has 0 radical (unpaired) electrons. The number of carboxylic acid groups (broad SMARTS) is 2. The average molecular weight is 593 g/mol. The van der Waals surface area contributed by atoms with Gasteiger partial charge in [-0.2, -0.15) is 0 Å². The highest BCUT2D eigenvalue weighted by molar-refractivity contribution is 6.17. The third-order valence-corrected chi connectivity index (χ3v) is 7.83. The van der Waals surface area contributed by atoms with Crippen molar-refractivity contribution >= 4 is 17.5 Å². The molecule has 10 heteroatoms. The molecule has 1 aromatic carbocycles. The topological polar surface area (TPSA) is 129 Å². The van der Waals surface area contributed by atoms with Crippen LogP contribution in [-0.2, 0) is 23.8 Å². The third-order valence-electron chi connectivity index (χ3n) is 7.83. The first kappa shape index (κ1) is 35.7. The van der Waals surface area contributed by atoms with E-state index in [2.05, 4.69) is 9.80 Å². The summed E-state index contributed by atoms with van der Waals surface area (Å²) in [6.07, 6.45) is 3.03. The summed E-state index contributed by atoms with van der Waals surface area (Å²) in [6.45, 7) is 17.0. The molecule has 0 aromatic heterocycles. The summed E-state index contributed by atoms with van der Waals surface area (Å²) in [6, 6.07) is 3.91. The lowest BCUT2D eigenvalue weighted by Crippen LogP contribution is -2.48. The second kappa shape index (κ2) is 18.9. The smallest absolute Gasteiger partial charge is 0.339 e. The molecule has 2 fully saturated rings. The van der Waals surface area contributed by atoms with Gasteiger partial charge >= 0.3 is 11.9 Å². The fraction of sp³-hybridized carbons (Fsp3) is 0.688. The van der Waals surface area contributed by atoms with Gasteiger partial charge in [-0.25, -0.2) is 9.59 Å². The van der Waals surface area contributed by atoms with E-state index in [9.17, 15) is 19.8 Å². The van der Waals surface area contributed by atoms with Gasteiger partial charge in [-0.1, -0.05) is 31.5 Å². The number of aliphatic hydroxyl groups is 1. The fourth-order valence-electron chi connectivity index (χ4n) is 5.79. The number of piperazine rings is 1. The average Bonchev–Trinajstić information content (AvgIpc) is 2.96. The zero-order valence-electron chi connectivity index (χ0n) is 26.2. The number of nitrogens with zero attached hydrogens (tertiary/aromatic N) is 2. The molecular weight excluding hydrogens is 540 g/mol. The predicted molar refractivity (Wildman–Crippen MR) is 163 cm³/mol. The van der Waals surface area contributed by atoms with Crippen molar-refractivity contribution in [1.82, 2.24) is 9.80 Å². The van der Waals surface area contributed by atoms with Crippen LogP contribution in [-0.4, -0.2) is 115 Å². The molecule has 2 aliphatic rings. The standard InChI is InChI=1S/C30H46N2O8.C2H6/c1-21-18-22(2)27(23(3)19-21)28(30(36)37)29(35)24-4-6-25(7-5-24)40-17-16-38-14-12-31-8-10-32(11-9-31)13-15-39-20-26(33)34;1-2/h18-19,24-25,35H,4-17,20H2,1-3H3,(H,33,34)(H,36,37);1-2H3/b29-28+;. The number of carbonyl (C=O) groups is 2. The molecule has 1 heterocycles. The van der Waals surface area contributed by atoms with Crippen LogP contribution in [0.25, 0.3) is 5.57 Å². The molecule has 1 saturated heterocycles. The summed E-state index contributed by atoms with van der Waals surface area (Å²) in [5.74, 6) is -2.23. The van der Waals surface area contributed by atoms with Gasteiger partial charge in [0.1, 0.15) is 17.9 Å². The molecule has 10 nitrogen and oxygen atoms in total. The molecule has 0 atom stereocenters. The Morgan fingerprint density at radius 3 is 1.81 bits per heavy atom. The Morgan fingerprint density at radius 2 is 1.31 bits per heavy atom. The quantitative estimate of drug-likeness (QED) is 0.154. The van der Waals surface area contributed by atoms with Crippen LogP contribution in [0.1, 0.15) is 61.8 Å². The number of aryl methyl sites for hydroxylation is 3. The van der Waals surface area contributed by atoms with Crippen LogP contribution >= 0.6 is 0 Å². The van der Waals surface area contributed by atoms with Crippen molar-refractivity contribution in [3.8, 4) is 0 Å². The van der Waals surface area contributed by atoms with Gasteiger partial charge in [-0.05, 0) is 63.1 Å². The molecule has 3 rings (SSSR count). The second-order valence-corrected chi connectivity index (χ2v) is 10.9. The van der Waals surface area contributed by atoms with Crippen molar-refractivity contribution < 1.29 is 39.1 Å². The first-order valence-electron chi connectivity index (χ1n) is 15.3. The van der Waals surface area contributed by atoms with Crippen LogP contribution in [0.2, 0.25) is 0 Å². The van der Waals surface area contributed by atoms with E-state index in [-0.39, 0.29) is 30.0 Å². The Kier molecular flexibility index (Phi) is 16.1. The van der Waals surface area contributed by atoms with Crippen molar-refractivity contribution in [3.05, 3.63) is 40.1 Å². The lowest BCUT2D eigenvalue weighted by atomic mass is 9.82. The molecule has 1 aliphatic heterocycles. The van der Waals surface area contributed by atoms with Crippen molar-refractivity contribution in [2.24, 2.45) is 5.92 Å². The maximum Gasteiger partial charge on any atom is 0.339 e. The zero-order valence-corrected chi connectivity index (χ0v) is 26.2. The fourth-order valence-corrected chi connectivity index (χ4v) is 5.79. The van der Waals surface area contributed by atoms with E-state index in [0.29, 0.717) is 44.8 Å². The minimum atomic E-state index is -1.09. The number of hydrogen-bond acceptors (Lipinski definition) is 8. The highest BCUT2D eigenvalue weighted by Crippen LogP contribution is 2.36. The number of allylic oxidation sites excluding steroid dienone is 1. The minimum absolute atomic E-state index is 0.0170. The molecule has 0 unspecified atom stereocenters. The van der Waals surface area contributed by atoms with E-state index >= 15 is 0 Å². The van der Waals surface area contributed by atoms with Gasteiger partial charge in [0.25, 0.3) is 0 Å². The van der Waals surface area contributed by atoms with Crippen LogP contribution in [0.3, 0.4) is 0 Å². The third kappa shape index (κ3) is 11.6. The number of hydrogen-bond donors (Lipinski definition) is 3. The Bertz CT molecular complexity index is 989. The molecule has 0 spiro atoms. The van der Waals surface area contributed by atoms with Gasteiger partial charge < -0.3 is 29.5 Å².